The second-order valence-corrected chi connectivity index (χ2v) is 7.61. The molecule has 0 aliphatic carbocycles. The molecule has 2 aromatic heterocycles. The first kappa shape index (κ1) is 16.9. The van der Waals surface area contributed by atoms with Crippen LogP contribution in [0.4, 0.5) is 0 Å². The van der Waals surface area contributed by atoms with E-state index in [1.165, 1.54) is 4.88 Å². The molecule has 0 bridgehead atoms. The number of thiazole rings is 1. The number of aryl methyl sites for hydroxylation is 2. The van der Waals surface area contributed by atoms with Gasteiger partial charge in [-0.25, -0.2) is 9.67 Å². The van der Waals surface area contributed by atoms with Crippen LogP contribution in [0.2, 0.25) is 0 Å². The van der Waals surface area contributed by atoms with Crippen LogP contribution in [-0.4, -0.2) is 21.3 Å². The van der Waals surface area contributed by atoms with Crippen LogP contribution in [-0.2, 0) is 0 Å². The van der Waals surface area contributed by atoms with Crippen molar-refractivity contribution in [2.24, 2.45) is 5.73 Å². The summed E-state index contributed by atoms with van der Waals surface area (Å²) in [6.07, 6.45) is 0. The molecule has 24 heavy (non-hydrogen) atoms. The van der Waals surface area contributed by atoms with Gasteiger partial charge in [0.05, 0.1) is 28.7 Å². The maximum atomic E-state index is 6.15. The number of para-hydroxylation sites is 1. The molecule has 0 saturated carbocycles. The molecule has 0 aliphatic heterocycles. The number of hydrogen-bond donors (Lipinski definition) is 1. The smallest absolute Gasteiger partial charge is 0.103 e. The number of hydrogen-bond acceptors (Lipinski definition) is 4. The minimum atomic E-state index is 0.0580. The van der Waals surface area contributed by atoms with Gasteiger partial charge in [-0.1, -0.05) is 32.0 Å². The van der Waals surface area contributed by atoms with Gasteiger partial charge >= 0.3 is 0 Å². The zero-order valence-corrected chi connectivity index (χ0v) is 15.5. The van der Waals surface area contributed by atoms with E-state index in [2.05, 4.69) is 45.9 Å². The van der Waals surface area contributed by atoms with Crippen molar-refractivity contribution < 1.29 is 0 Å². The van der Waals surface area contributed by atoms with Gasteiger partial charge in [0.1, 0.15) is 5.01 Å². The summed E-state index contributed by atoms with van der Waals surface area (Å²) in [6, 6.07) is 12.4. The van der Waals surface area contributed by atoms with Gasteiger partial charge < -0.3 is 5.73 Å². The Labute approximate surface area is 147 Å². The maximum Gasteiger partial charge on any atom is 0.103 e. The highest BCUT2D eigenvalue weighted by atomic mass is 32.1. The van der Waals surface area contributed by atoms with Gasteiger partial charge in [0.15, 0.2) is 0 Å². The van der Waals surface area contributed by atoms with Crippen molar-refractivity contribution in [1.29, 1.82) is 0 Å². The lowest BCUT2D eigenvalue weighted by Crippen LogP contribution is -2.17. The molecule has 0 radical (unpaired) electrons. The molecule has 0 saturated heterocycles. The molecular formula is C19H24N4S. The minimum absolute atomic E-state index is 0.0580. The molecule has 0 amide bonds. The molecule has 4 nitrogen and oxygen atoms in total. The number of nitrogens with zero attached hydrogens (tertiary/aromatic N) is 3. The fourth-order valence-electron chi connectivity index (χ4n) is 2.72. The van der Waals surface area contributed by atoms with E-state index in [9.17, 15) is 0 Å². The lowest BCUT2D eigenvalue weighted by Gasteiger charge is -2.14. The predicted molar refractivity (Wildman–Crippen MR) is 100 cm³/mol. The molecular weight excluding hydrogens is 316 g/mol. The average Bonchev–Trinajstić information content (AvgIpc) is 3.14. The Morgan fingerprint density at radius 3 is 2.42 bits per heavy atom. The lowest BCUT2D eigenvalue weighted by atomic mass is 10.0. The quantitative estimate of drug-likeness (QED) is 0.759. The molecule has 126 valence electrons. The Hall–Kier alpha value is -1.98. The fraction of sp³-hybridized carbons (Fsp3) is 0.368. The molecule has 0 spiro atoms. The Bertz CT molecular complexity index is 798. The number of nitrogens with two attached hydrogens (primary N) is 1. The van der Waals surface area contributed by atoms with E-state index in [0.29, 0.717) is 12.5 Å². The van der Waals surface area contributed by atoms with Crippen LogP contribution < -0.4 is 5.73 Å². The Balaban J connectivity index is 2.14. The summed E-state index contributed by atoms with van der Waals surface area (Å²) in [5.74, 6) is 0.425. The first-order valence-electron chi connectivity index (χ1n) is 8.30. The van der Waals surface area contributed by atoms with Crippen LogP contribution in [0, 0.1) is 13.8 Å². The van der Waals surface area contributed by atoms with Crippen molar-refractivity contribution in [3.05, 3.63) is 63.4 Å². The molecule has 3 aromatic rings. The van der Waals surface area contributed by atoms with Crippen molar-refractivity contribution in [1.82, 2.24) is 14.8 Å². The van der Waals surface area contributed by atoms with E-state index in [0.717, 1.165) is 27.8 Å². The molecule has 0 fully saturated rings. The van der Waals surface area contributed by atoms with Gasteiger partial charge in [0, 0.05) is 11.4 Å². The summed E-state index contributed by atoms with van der Waals surface area (Å²) in [5, 5.41) is 5.91. The average molecular weight is 340 g/mol. The third-order valence-corrected chi connectivity index (χ3v) is 5.47. The number of rotatable bonds is 5. The highest BCUT2D eigenvalue weighted by Gasteiger charge is 2.24. The lowest BCUT2D eigenvalue weighted by molar-refractivity contribution is 0.702. The monoisotopic (exact) mass is 340 g/mol. The summed E-state index contributed by atoms with van der Waals surface area (Å²) in [7, 11) is 0. The summed E-state index contributed by atoms with van der Waals surface area (Å²) in [4.78, 5) is 5.99. The van der Waals surface area contributed by atoms with E-state index in [1.54, 1.807) is 11.3 Å². The molecule has 5 heteroatoms. The van der Waals surface area contributed by atoms with Gasteiger partial charge in [0.25, 0.3) is 0 Å². The van der Waals surface area contributed by atoms with Gasteiger partial charge in [-0.05, 0) is 38.0 Å². The molecule has 2 N–H and O–H groups in total. The molecule has 1 aromatic carbocycles. The van der Waals surface area contributed by atoms with Crippen LogP contribution in [0.5, 0.6) is 0 Å². The van der Waals surface area contributed by atoms with Gasteiger partial charge in [-0.15, -0.1) is 11.3 Å². The summed E-state index contributed by atoms with van der Waals surface area (Å²) >= 11 is 1.73. The van der Waals surface area contributed by atoms with Crippen LogP contribution in [0.3, 0.4) is 0 Å². The fourth-order valence-corrected chi connectivity index (χ4v) is 3.76. The van der Waals surface area contributed by atoms with Crippen molar-refractivity contribution in [2.75, 3.05) is 6.54 Å². The summed E-state index contributed by atoms with van der Waals surface area (Å²) in [6.45, 7) is 9.00. The van der Waals surface area contributed by atoms with E-state index in [4.69, 9.17) is 15.8 Å². The standard InChI is InChI=1S/C19H24N4S/c1-12(2)17-10-18(23(22-17)15-8-6-5-7-9-15)16(11-20)19-21-13(3)14(4)24-19/h5-10,12,16H,11,20H2,1-4H3. The maximum absolute atomic E-state index is 6.15. The van der Waals surface area contributed by atoms with Crippen molar-refractivity contribution in [3.8, 4) is 5.69 Å². The van der Waals surface area contributed by atoms with Crippen LogP contribution in [0.25, 0.3) is 5.69 Å². The van der Waals surface area contributed by atoms with Gasteiger partial charge in [0.2, 0.25) is 0 Å². The normalized spacial score (nSPS) is 12.8. The Morgan fingerprint density at radius 2 is 1.88 bits per heavy atom. The van der Waals surface area contributed by atoms with Gasteiger partial charge in [-0.3, -0.25) is 0 Å². The van der Waals surface area contributed by atoms with E-state index in [1.807, 2.05) is 22.9 Å². The van der Waals surface area contributed by atoms with Crippen LogP contribution >= 0.6 is 11.3 Å². The first-order chi connectivity index (χ1) is 11.5. The molecule has 3 rings (SSSR count). The van der Waals surface area contributed by atoms with E-state index >= 15 is 0 Å². The first-order valence-corrected chi connectivity index (χ1v) is 9.12. The van der Waals surface area contributed by atoms with Crippen LogP contribution in [0.1, 0.15) is 52.6 Å². The largest absolute Gasteiger partial charge is 0.329 e. The highest BCUT2D eigenvalue weighted by Crippen LogP contribution is 2.32. The second-order valence-electron chi connectivity index (χ2n) is 6.38. The zero-order valence-electron chi connectivity index (χ0n) is 14.7. The summed E-state index contributed by atoms with van der Waals surface area (Å²) < 4.78 is 2.03. The second kappa shape index (κ2) is 6.87. The summed E-state index contributed by atoms with van der Waals surface area (Å²) in [5.41, 5.74) is 10.5. The molecule has 1 unspecified atom stereocenters. The topological polar surface area (TPSA) is 56.7 Å². The van der Waals surface area contributed by atoms with Crippen molar-refractivity contribution in [3.63, 3.8) is 0 Å². The van der Waals surface area contributed by atoms with Crippen molar-refractivity contribution >= 4 is 11.3 Å². The number of aromatic nitrogens is 3. The molecule has 1 atom stereocenters. The Kier molecular flexibility index (Phi) is 4.83. The predicted octanol–water partition coefficient (Wildman–Crippen LogP) is 4.16. The minimum Gasteiger partial charge on any atom is -0.329 e. The van der Waals surface area contributed by atoms with Crippen molar-refractivity contribution in [2.45, 2.75) is 39.5 Å². The van der Waals surface area contributed by atoms with Crippen LogP contribution in [0.15, 0.2) is 36.4 Å². The Morgan fingerprint density at radius 1 is 1.17 bits per heavy atom. The third-order valence-electron chi connectivity index (χ3n) is 4.28. The third kappa shape index (κ3) is 3.14. The molecule has 2 heterocycles. The SMILES string of the molecule is Cc1nc(C(CN)c2cc(C(C)C)nn2-c2ccccc2)sc1C. The zero-order chi connectivity index (χ0) is 17.3. The number of benzene rings is 1. The molecule has 0 aliphatic rings. The van der Waals surface area contributed by atoms with Gasteiger partial charge in [-0.2, -0.15) is 5.10 Å². The van der Waals surface area contributed by atoms with E-state index in [-0.39, 0.29) is 5.92 Å². The highest BCUT2D eigenvalue weighted by molar-refractivity contribution is 7.11. The van der Waals surface area contributed by atoms with E-state index < -0.39 is 0 Å².